The van der Waals surface area contributed by atoms with Crippen molar-refractivity contribution in [3.8, 4) is 0 Å². The molecule has 2 N–H and O–H groups in total. The van der Waals surface area contributed by atoms with E-state index in [9.17, 15) is 15.0 Å². The zero-order valence-corrected chi connectivity index (χ0v) is 16.3. The van der Waals surface area contributed by atoms with Crippen LogP contribution in [0.3, 0.4) is 0 Å². The SMILES string of the molecule is CCCCCCC[C@H]1[C@@H](O)CC(=O)[C@@H]1C=CCC(O)(CCC)C1CC1. The quantitative estimate of drug-likeness (QED) is 0.392. The van der Waals surface area contributed by atoms with Gasteiger partial charge in [-0.05, 0) is 43.9 Å². The number of allylic oxidation sites excluding steroid dienone is 1. The fraction of sp³-hybridized carbons (Fsp3) is 0.864. The minimum atomic E-state index is -0.582. The van der Waals surface area contributed by atoms with Crippen LogP contribution in [0.15, 0.2) is 12.2 Å². The standard InChI is InChI=1S/C22H38O3/c1-3-5-6-7-8-10-18-19(21(24)16-20(18)23)11-9-15-22(25,14-4-2)17-12-13-17/h9,11,17-20,23,25H,3-8,10,12-16H2,1-2H3/t18-,19-,20+,22?/m1/s1. The molecule has 0 radical (unpaired) electrons. The summed E-state index contributed by atoms with van der Waals surface area (Å²) in [5, 5.41) is 21.1. The van der Waals surface area contributed by atoms with Gasteiger partial charge in [-0.2, -0.15) is 0 Å². The summed E-state index contributed by atoms with van der Waals surface area (Å²) >= 11 is 0. The molecule has 3 nitrogen and oxygen atoms in total. The van der Waals surface area contributed by atoms with E-state index in [2.05, 4.69) is 13.8 Å². The first-order valence-electron chi connectivity index (χ1n) is 10.6. The number of Topliss-reactive ketones (excluding diaryl/α,β-unsaturated/α-hetero) is 1. The highest BCUT2D eigenvalue weighted by atomic mass is 16.3. The van der Waals surface area contributed by atoms with Gasteiger partial charge in [0.1, 0.15) is 5.78 Å². The number of hydrogen-bond acceptors (Lipinski definition) is 3. The third kappa shape index (κ3) is 5.92. The van der Waals surface area contributed by atoms with E-state index in [1.54, 1.807) is 0 Å². The summed E-state index contributed by atoms with van der Waals surface area (Å²) in [7, 11) is 0. The second-order valence-electron chi connectivity index (χ2n) is 8.39. The molecule has 0 spiro atoms. The van der Waals surface area contributed by atoms with Crippen molar-refractivity contribution >= 4 is 5.78 Å². The van der Waals surface area contributed by atoms with Gasteiger partial charge in [0.2, 0.25) is 0 Å². The lowest BCUT2D eigenvalue weighted by Crippen LogP contribution is -2.30. The molecule has 2 fully saturated rings. The van der Waals surface area contributed by atoms with Crippen LogP contribution in [0.4, 0.5) is 0 Å². The molecule has 0 saturated heterocycles. The van der Waals surface area contributed by atoms with Crippen molar-refractivity contribution in [3.05, 3.63) is 12.2 Å². The molecule has 1 unspecified atom stereocenters. The molecule has 3 heteroatoms. The van der Waals surface area contributed by atoms with Crippen LogP contribution in [0.2, 0.25) is 0 Å². The molecule has 2 rings (SSSR count). The van der Waals surface area contributed by atoms with E-state index in [0.29, 0.717) is 18.8 Å². The predicted molar refractivity (Wildman–Crippen MR) is 102 cm³/mol. The molecule has 0 bridgehead atoms. The molecule has 0 aromatic carbocycles. The summed E-state index contributed by atoms with van der Waals surface area (Å²) in [5.74, 6) is 0.543. The van der Waals surface area contributed by atoms with Crippen LogP contribution in [-0.4, -0.2) is 27.7 Å². The van der Waals surface area contributed by atoms with Crippen LogP contribution in [0.1, 0.15) is 90.9 Å². The average Bonchev–Trinajstić information content (AvgIpc) is 3.38. The molecule has 2 saturated carbocycles. The van der Waals surface area contributed by atoms with Crippen LogP contribution >= 0.6 is 0 Å². The highest BCUT2D eigenvalue weighted by Crippen LogP contribution is 2.44. The molecule has 0 aliphatic heterocycles. The van der Waals surface area contributed by atoms with Gasteiger partial charge in [-0.25, -0.2) is 0 Å². The zero-order chi connectivity index (χ0) is 18.3. The van der Waals surface area contributed by atoms with Crippen LogP contribution in [-0.2, 0) is 4.79 Å². The van der Waals surface area contributed by atoms with Crippen molar-refractivity contribution in [2.45, 2.75) is 103 Å². The summed E-state index contributed by atoms with van der Waals surface area (Å²) < 4.78 is 0. The van der Waals surface area contributed by atoms with Crippen molar-refractivity contribution in [2.24, 2.45) is 17.8 Å². The minimum absolute atomic E-state index is 0.0746. The van der Waals surface area contributed by atoms with E-state index in [1.807, 2.05) is 12.2 Å². The van der Waals surface area contributed by atoms with Crippen LogP contribution in [0.25, 0.3) is 0 Å². The van der Waals surface area contributed by atoms with Crippen molar-refractivity contribution in [3.63, 3.8) is 0 Å². The molecule has 144 valence electrons. The first kappa shape index (κ1) is 20.6. The average molecular weight is 351 g/mol. The number of unbranched alkanes of at least 4 members (excludes halogenated alkanes) is 4. The van der Waals surface area contributed by atoms with Gasteiger partial charge in [0.05, 0.1) is 11.7 Å². The first-order chi connectivity index (χ1) is 12.0. The number of ketones is 1. The Morgan fingerprint density at radius 3 is 2.48 bits per heavy atom. The van der Waals surface area contributed by atoms with Gasteiger partial charge in [0.15, 0.2) is 0 Å². The first-order valence-corrected chi connectivity index (χ1v) is 10.6. The lowest BCUT2D eigenvalue weighted by molar-refractivity contribution is -0.120. The van der Waals surface area contributed by atoms with Gasteiger partial charge in [0, 0.05) is 12.3 Å². The maximum atomic E-state index is 12.3. The Bertz CT molecular complexity index is 441. The fourth-order valence-electron chi connectivity index (χ4n) is 4.52. The second kappa shape index (κ2) is 9.87. The Morgan fingerprint density at radius 2 is 1.84 bits per heavy atom. The van der Waals surface area contributed by atoms with Gasteiger partial charge in [0.25, 0.3) is 0 Å². The van der Waals surface area contributed by atoms with E-state index in [4.69, 9.17) is 0 Å². The minimum Gasteiger partial charge on any atom is -0.392 e. The Morgan fingerprint density at radius 1 is 1.12 bits per heavy atom. The largest absolute Gasteiger partial charge is 0.392 e. The molecular weight excluding hydrogens is 312 g/mol. The number of aliphatic hydroxyl groups is 2. The number of aliphatic hydroxyl groups excluding tert-OH is 1. The number of carbonyl (C=O) groups excluding carboxylic acids is 1. The van der Waals surface area contributed by atoms with Gasteiger partial charge in [-0.15, -0.1) is 0 Å². The highest BCUT2D eigenvalue weighted by Gasteiger charge is 2.43. The van der Waals surface area contributed by atoms with Crippen LogP contribution in [0, 0.1) is 17.8 Å². The molecule has 4 atom stereocenters. The molecule has 2 aliphatic carbocycles. The predicted octanol–water partition coefficient (Wildman–Crippen LogP) is 4.80. The van der Waals surface area contributed by atoms with Gasteiger partial charge >= 0.3 is 0 Å². The Balaban J connectivity index is 1.87. The fourth-order valence-corrected chi connectivity index (χ4v) is 4.52. The number of carbonyl (C=O) groups is 1. The van der Waals surface area contributed by atoms with Crippen molar-refractivity contribution in [1.29, 1.82) is 0 Å². The summed E-state index contributed by atoms with van der Waals surface area (Å²) in [5.41, 5.74) is -0.582. The summed E-state index contributed by atoms with van der Waals surface area (Å²) in [6.45, 7) is 4.32. The van der Waals surface area contributed by atoms with Gasteiger partial charge < -0.3 is 10.2 Å². The zero-order valence-electron chi connectivity index (χ0n) is 16.3. The molecule has 2 aliphatic rings. The summed E-state index contributed by atoms with van der Waals surface area (Å²) in [6, 6.07) is 0. The maximum Gasteiger partial charge on any atom is 0.142 e. The maximum absolute atomic E-state index is 12.3. The second-order valence-corrected chi connectivity index (χ2v) is 8.39. The van der Waals surface area contributed by atoms with E-state index in [1.165, 1.54) is 25.7 Å². The lowest BCUT2D eigenvalue weighted by Gasteiger charge is -2.27. The molecule has 25 heavy (non-hydrogen) atoms. The van der Waals surface area contributed by atoms with Crippen molar-refractivity contribution in [1.82, 2.24) is 0 Å². The highest BCUT2D eigenvalue weighted by molar-refractivity contribution is 5.85. The molecule has 0 amide bonds. The summed E-state index contributed by atoms with van der Waals surface area (Å²) in [6.07, 6.45) is 15.6. The summed E-state index contributed by atoms with van der Waals surface area (Å²) in [4.78, 5) is 12.3. The van der Waals surface area contributed by atoms with E-state index < -0.39 is 11.7 Å². The molecule has 0 aromatic heterocycles. The number of hydrogen-bond donors (Lipinski definition) is 2. The monoisotopic (exact) mass is 350 g/mol. The normalized spacial score (nSPS) is 29.4. The Kier molecular flexibility index (Phi) is 8.15. The molecular formula is C22H38O3. The van der Waals surface area contributed by atoms with E-state index >= 15 is 0 Å². The third-order valence-electron chi connectivity index (χ3n) is 6.21. The van der Waals surface area contributed by atoms with E-state index in [-0.39, 0.29) is 17.6 Å². The third-order valence-corrected chi connectivity index (χ3v) is 6.21. The van der Waals surface area contributed by atoms with Crippen molar-refractivity contribution < 1.29 is 15.0 Å². The van der Waals surface area contributed by atoms with Gasteiger partial charge in [-0.1, -0.05) is 64.5 Å². The Hall–Kier alpha value is -0.670. The smallest absolute Gasteiger partial charge is 0.142 e. The van der Waals surface area contributed by atoms with E-state index in [0.717, 1.165) is 38.5 Å². The lowest BCUT2D eigenvalue weighted by atomic mass is 9.85. The van der Waals surface area contributed by atoms with Crippen LogP contribution in [0.5, 0.6) is 0 Å². The van der Waals surface area contributed by atoms with Gasteiger partial charge in [-0.3, -0.25) is 4.79 Å². The molecule has 0 heterocycles. The van der Waals surface area contributed by atoms with Crippen LogP contribution < -0.4 is 0 Å². The topological polar surface area (TPSA) is 57.5 Å². The molecule has 0 aromatic rings. The van der Waals surface area contributed by atoms with Crippen molar-refractivity contribution in [2.75, 3.05) is 0 Å². The Labute approximate surface area is 153 Å². The number of rotatable bonds is 12.